The topological polar surface area (TPSA) is 39.2 Å². The lowest BCUT2D eigenvalue weighted by Gasteiger charge is -2.25. The molecule has 0 radical (unpaired) electrons. The summed E-state index contributed by atoms with van der Waals surface area (Å²) in [5.74, 6) is 0. The highest BCUT2D eigenvalue weighted by atomic mass is 16.3. The summed E-state index contributed by atoms with van der Waals surface area (Å²) >= 11 is 0. The molecule has 0 aliphatic heterocycles. The summed E-state index contributed by atoms with van der Waals surface area (Å²) in [6.07, 6.45) is 4.26. The molecule has 0 saturated heterocycles. The maximum absolute atomic E-state index is 6.34. The third kappa shape index (κ3) is 2.82. The molecule has 2 N–H and O–H groups in total. The number of hydrogen-bond acceptors (Lipinski definition) is 2. The molecule has 2 nitrogen and oxygen atoms in total. The quantitative estimate of drug-likeness (QED) is 0.890. The minimum atomic E-state index is 0.0121. The Kier molecular flexibility index (Phi) is 3.58. The first-order valence-electron chi connectivity index (χ1n) is 6.34. The summed E-state index contributed by atoms with van der Waals surface area (Å²) in [6.45, 7) is 6.66. The molecule has 0 fully saturated rings. The van der Waals surface area contributed by atoms with Crippen molar-refractivity contribution in [3.8, 4) is 0 Å². The summed E-state index contributed by atoms with van der Waals surface area (Å²) in [6, 6.07) is 10.4. The van der Waals surface area contributed by atoms with Gasteiger partial charge >= 0.3 is 0 Å². The van der Waals surface area contributed by atoms with Crippen LogP contribution in [0.4, 0.5) is 0 Å². The minimum Gasteiger partial charge on any atom is -0.472 e. The lowest BCUT2D eigenvalue weighted by Crippen LogP contribution is -2.21. The van der Waals surface area contributed by atoms with Crippen molar-refractivity contribution in [3.05, 3.63) is 59.5 Å². The Morgan fingerprint density at radius 2 is 1.89 bits per heavy atom. The molecule has 2 rings (SSSR count). The van der Waals surface area contributed by atoms with E-state index in [1.165, 1.54) is 11.1 Å². The van der Waals surface area contributed by atoms with Crippen molar-refractivity contribution >= 4 is 0 Å². The lowest BCUT2D eigenvalue weighted by molar-refractivity contribution is 0.556. The van der Waals surface area contributed by atoms with Crippen molar-refractivity contribution in [1.29, 1.82) is 0 Å². The van der Waals surface area contributed by atoms with Crippen molar-refractivity contribution in [2.75, 3.05) is 0 Å². The van der Waals surface area contributed by atoms with Crippen LogP contribution in [0.3, 0.4) is 0 Å². The minimum absolute atomic E-state index is 0.0121. The van der Waals surface area contributed by atoms with E-state index < -0.39 is 0 Å². The van der Waals surface area contributed by atoms with Crippen LogP contribution in [0, 0.1) is 0 Å². The molecule has 1 aromatic carbocycles. The van der Waals surface area contributed by atoms with Crippen molar-refractivity contribution in [1.82, 2.24) is 0 Å². The van der Waals surface area contributed by atoms with Crippen LogP contribution in [-0.4, -0.2) is 0 Å². The summed E-state index contributed by atoms with van der Waals surface area (Å²) in [7, 11) is 0. The van der Waals surface area contributed by atoms with Gasteiger partial charge in [-0.1, -0.05) is 45.0 Å². The summed E-state index contributed by atoms with van der Waals surface area (Å²) in [5.41, 5.74) is 10.2. The van der Waals surface area contributed by atoms with Gasteiger partial charge < -0.3 is 10.2 Å². The molecule has 0 bridgehead atoms. The zero-order chi connectivity index (χ0) is 13.2. The average molecular weight is 243 g/mol. The van der Waals surface area contributed by atoms with Gasteiger partial charge in [-0.05, 0) is 34.6 Å². The van der Waals surface area contributed by atoms with Crippen LogP contribution in [-0.2, 0) is 11.8 Å². The van der Waals surface area contributed by atoms with E-state index in [0.29, 0.717) is 0 Å². The van der Waals surface area contributed by atoms with Gasteiger partial charge in [0.25, 0.3) is 0 Å². The van der Waals surface area contributed by atoms with E-state index in [9.17, 15) is 0 Å². The second kappa shape index (κ2) is 4.99. The van der Waals surface area contributed by atoms with Crippen LogP contribution < -0.4 is 5.73 Å². The molecule has 0 saturated carbocycles. The molecule has 1 atom stereocenters. The van der Waals surface area contributed by atoms with Crippen LogP contribution >= 0.6 is 0 Å². The third-order valence-electron chi connectivity index (χ3n) is 3.20. The predicted molar refractivity (Wildman–Crippen MR) is 74.5 cm³/mol. The second-order valence-corrected chi connectivity index (χ2v) is 5.78. The highest BCUT2D eigenvalue weighted by Gasteiger charge is 2.20. The number of nitrogens with two attached hydrogens (primary N) is 1. The largest absolute Gasteiger partial charge is 0.472 e. The normalized spacial score (nSPS) is 13.6. The molecule has 1 unspecified atom stereocenters. The van der Waals surface area contributed by atoms with Gasteiger partial charge in [-0.25, -0.2) is 0 Å². The van der Waals surface area contributed by atoms with Gasteiger partial charge in [-0.3, -0.25) is 0 Å². The number of rotatable bonds is 3. The molecular formula is C16H21NO. The fraction of sp³-hybridized carbons (Fsp3) is 0.375. The Morgan fingerprint density at radius 3 is 2.50 bits per heavy atom. The first-order valence-corrected chi connectivity index (χ1v) is 6.34. The average Bonchev–Trinajstić information content (AvgIpc) is 2.80. The summed E-state index contributed by atoms with van der Waals surface area (Å²) in [5, 5.41) is 0. The highest BCUT2D eigenvalue weighted by molar-refractivity contribution is 5.35. The molecule has 0 aliphatic carbocycles. The molecule has 96 valence electrons. The maximum Gasteiger partial charge on any atom is 0.0935 e. The fourth-order valence-corrected chi connectivity index (χ4v) is 2.28. The smallest absolute Gasteiger partial charge is 0.0935 e. The molecule has 0 amide bonds. The van der Waals surface area contributed by atoms with E-state index in [4.69, 9.17) is 10.2 Å². The van der Waals surface area contributed by atoms with Gasteiger partial charge in [0, 0.05) is 6.04 Å². The van der Waals surface area contributed by atoms with E-state index in [1.807, 2.05) is 6.07 Å². The van der Waals surface area contributed by atoms with Crippen LogP contribution in [0.5, 0.6) is 0 Å². The van der Waals surface area contributed by atoms with Crippen LogP contribution in [0.1, 0.15) is 43.5 Å². The Balaban J connectivity index is 2.27. The zero-order valence-corrected chi connectivity index (χ0v) is 11.3. The van der Waals surface area contributed by atoms with E-state index >= 15 is 0 Å². The van der Waals surface area contributed by atoms with Gasteiger partial charge in [0.05, 0.1) is 12.5 Å². The Hall–Kier alpha value is -1.54. The van der Waals surface area contributed by atoms with Crippen LogP contribution in [0.25, 0.3) is 0 Å². The van der Waals surface area contributed by atoms with E-state index in [2.05, 4.69) is 45.0 Å². The van der Waals surface area contributed by atoms with E-state index in [1.54, 1.807) is 12.5 Å². The molecule has 1 aromatic heterocycles. The number of furan rings is 1. The van der Waals surface area contributed by atoms with Crippen molar-refractivity contribution in [3.63, 3.8) is 0 Å². The zero-order valence-electron chi connectivity index (χ0n) is 11.3. The standard InChI is InChI=1S/C16H21NO/c1-16(2,3)14-7-5-4-6-13(14)15(17)10-12-8-9-18-11-12/h4-9,11,15H,10,17H2,1-3H3. The van der Waals surface area contributed by atoms with Gasteiger partial charge in [0.15, 0.2) is 0 Å². The molecule has 2 heteroatoms. The summed E-state index contributed by atoms with van der Waals surface area (Å²) in [4.78, 5) is 0. The van der Waals surface area contributed by atoms with Gasteiger partial charge in [-0.15, -0.1) is 0 Å². The van der Waals surface area contributed by atoms with Crippen molar-refractivity contribution in [2.45, 2.75) is 38.6 Å². The third-order valence-corrected chi connectivity index (χ3v) is 3.20. The Labute approximate surface area is 109 Å². The fourth-order valence-electron chi connectivity index (χ4n) is 2.28. The van der Waals surface area contributed by atoms with Gasteiger partial charge in [0.1, 0.15) is 0 Å². The molecule has 0 aliphatic rings. The van der Waals surface area contributed by atoms with Gasteiger partial charge in [0.2, 0.25) is 0 Å². The molecule has 18 heavy (non-hydrogen) atoms. The monoisotopic (exact) mass is 243 g/mol. The van der Waals surface area contributed by atoms with Crippen LogP contribution in [0.2, 0.25) is 0 Å². The Bertz CT molecular complexity index is 494. The summed E-state index contributed by atoms with van der Waals surface area (Å²) < 4.78 is 5.09. The van der Waals surface area contributed by atoms with Gasteiger partial charge in [-0.2, -0.15) is 0 Å². The predicted octanol–water partition coefficient (Wildman–Crippen LogP) is 3.82. The molecular weight excluding hydrogens is 222 g/mol. The van der Waals surface area contributed by atoms with E-state index in [-0.39, 0.29) is 11.5 Å². The number of benzene rings is 1. The second-order valence-electron chi connectivity index (χ2n) is 5.78. The van der Waals surface area contributed by atoms with Crippen molar-refractivity contribution in [2.24, 2.45) is 5.73 Å². The molecule has 1 heterocycles. The molecule has 2 aromatic rings. The maximum atomic E-state index is 6.34. The van der Waals surface area contributed by atoms with Crippen molar-refractivity contribution < 1.29 is 4.42 Å². The first kappa shape index (κ1) is 12.9. The highest BCUT2D eigenvalue weighted by Crippen LogP contribution is 2.30. The molecule has 0 spiro atoms. The SMILES string of the molecule is CC(C)(C)c1ccccc1C(N)Cc1ccoc1. The lowest BCUT2D eigenvalue weighted by atomic mass is 9.81. The Morgan fingerprint density at radius 1 is 1.17 bits per heavy atom. The first-order chi connectivity index (χ1) is 8.48. The van der Waals surface area contributed by atoms with Crippen LogP contribution in [0.15, 0.2) is 47.3 Å². The van der Waals surface area contributed by atoms with E-state index in [0.717, 1.165) is 12.0 Å². The number of hydrogen-bond donors (Lipinski definition) is 1.